The molecule has 0 fully saturated rings. The van der Waals surface area contributed by atoms with Crippen LogP contribution in [0.25, 0.3) is 0 Å². The summed E-state index contributed by atoms with van der Waals surface area (Å²) in [6.07, 6.45) is 0.765. The number of aliphatic hydroxyl groups excluding tert-OH is 1. The average molecular weight is 288 g/mol. The Kier molecular flexibility index (Phi) is 5.80. The van der Waals surface area contributed by atoms with E-state index in [9.17, 15) is 0 Å². The molecule has 0 aromatic heterocycles. The summed E-state index contributed by atoms with van der Waals surface area (Å²) in [6, 6.07) is 6.21. The Morgan fingerprint density at radius 2 is 2.25 bits per heavy atom. The molecule has 1 rings (SSSR count). The fraction of sp³-hybridized carbons (Fsp3) is 0.500. The molecule has 0 heterocycles. The van der Waals surface area contributed by atoms with Crippen LogP contribution in [-0.2, 0) is 6.54 Å². The van der Waals surface area contributed by atoms with Crippen LogP contribution in [0.3, 0.4) is 0 Å². The van der Waals surface area contributed by atoms with E-state index < -0.39 is 0 Å². The first-order valence-electron chi connectivity index (χ1n) is 5.34. The predicted molar refractivity (Wildman–Crippen MR) is 68.7 cm³/mol. The largest absolute Gasteiger partial charge is 0.497 e. The number of hydrogen-bond acceptors (Lipinski definition) is 3. The highest BCUT2D eigenvalue weighted by atomic mass is 79.9. The lowest BCUT2D eigenvalue weighted by molar-refractivity contribution is 0.268. The van der Waals surface area contributed by atoms with Gasteiger partial charge in [-0.05, 0) is 37.1 Å². The molecule has 2 N–H and O–H groups in total. The van der Waals surface area contributed by atoms with E-state index in [0.717, 1.165) is 28.8 Å². The number of aliphatic hydroxyl groups is 1. The second-order valence-corrected chi connectivity index (χ2v) is 4.61. The van der Waals surface area contributed by atoms with Gasteiger partial charge in [0.1, 0.15) is 5.75 Å². The lowest BCUT2D eigenvalue weighted by Gasteiger charge is -2.13. The molecule has 16 heavy (non-hydrogen) atoms. The van der Waals surface area contributed by atoms with Gasteiger partial charge in [-0.1, -0.05) is 15.9 Å². The molecule has 0 radical (unpaired) electrons. The first-order valence-corrected chi connectivity index (χ1v) is 6.13. The predicted octanol–water partition coefficient (Wildman–Crippen LogP) is 2.32. The highest BCUT2D eigenvalue weighted by Gasteiger charge is 2.04. The SMILES string of the molecule is COc1ccc(Br)c(CNC(C)CCO)c1. The minimum atomic E-state index is 0.216. The zero-order valence-electron chi connectivity index (χ0n) is 9.66. The molecule has 0 saturated heterocycles. The van der Waals surface area contributed by atoms with Crippen LogP contribution < -0.4 is 10.1 Å². The van der Waals surface area contributed by atoms with Crippen LogP contribution in [0.15, 0.2) is 22.7 Å². The molecule has 3 nitrogen and oxygen atoms in total. The number of nitrogens with one attached hydrogen (secondary N) is 1. The number of ether oxygens (including phenoxy) is 1. The minimum Gasteiger partial charge on any atom is -0.497 e. The van der Waals surface area contributed by atoms with Crippen molar-refractivity contribution in [2.75, 3.05) is 13.7 Å². The van der Waals surface area contributed by atoms with E-state index >= 15 is 0 Å². The number of halogens is 1. The summed E-state index contributed by atoms with van der Waals surface area (Å²) in [5.74, 6) is 0.856. The Labute approximate surface area is 105 Å². The molecule has 0 spiro atoms. The van der Waals surface area contributed by atoms with E-state index in [-0.39, 0.29) is 6.61 Å². The number of benzene rings is 1. The van der Waals surface area contributed by atoms with Crippen molar-refractivity contribution in [2.45, 2.75) is 25.9 Å². The van der Waals surface area contributed by atoms with E-state index in [4.69, 9.17) is 9.84 Å². The van der Waals surface area contributed by atoms with Crippen molar-refractivity contribution in [1.82, 2.24) is 5.32 Å². The van der Waals surface area contributed by atoms with Gasteiger partial charge in [-0.15, -0.1) is 0 Å². The number of methoxy groups -OCH3 is 1. The summed E-state index contributed by atoms with van der Waals surface area (Å²) in [5.41, 5.74) is 1.16. The molecule has 0 bridgehead atoms. The molecular weight excluding hydrogens is 270 g/mol. The summed E-state index contributed by atoms with van der Waals surface area (Å²) < 4.78 is 6.24. The van der Waals surface area contributed by atoms with Gasteiger partial charge < -0.3 is 15.2 Å². The van der Waals surface area contributed by atoms with Crippen molar-refractivity contribution in [1.29, 1.82) is 0 Å². The zero-order valence-corrected chi connectivity index (χ0v) is 11.3. The normalized spacial score (nSPS) is 12.5. The summed E-state index contributed by atoms with van der Waals surface area (Å²) in [5, 5.41) is 12.1. The molecule has 0 aliphatic carbocycles. The second-order valence-electron chi connectivity index (χ2n) is 3.75. The van der Waals surface area contributed by atoms with Crippen LogP contribution in [0.5, 0.6) is 5.75 Å². The van der Waals surface area contributed by atoms with Crippen LogP contribution in [0.4, 0.5) is 0 Å². The summed E-state index contributed by atoms with van der Waals surface area (Å²) >= 11 is 3.50. The van der Waals surface area contributed by atoms with Crippen LogP contribution in [0.1, 0.15) is 18.9 Å². The summed E-state index contributed by atoms with van der Waals surface area (Å²) in [7, 11) is 1.66. The lowest BCUT2D eigenvalue weighted by atomic mass is 10.2. The fourth-order valence-corrected chi connectivity index (χ4v) is 1.78. The first-order chi connectivity index (χ1) is 7.67. The fourth-order valence-electron chi connectivity index (χ4n) is 1.39. The van der Waals surface area contributed by atoms with Crippen molar-refractivity contribution in [3.05, 3.63) is 28.2 Å². The maximum Gasteiger partial charge on any atom is 0.119 e. The van der Waals surface area contributed by atoms with Gasteiger partial charge in [0.05, 0.1) is 7.11 Å². The summed E-state index contributed by atoms with van der Waals surface area (Å²) in [6.45, 7) is 3.04. The molecule has 4 heteroatoms. The molecule has 1 unspecified atom stereocenters. The Balaban J connectivity index is 2.58. The molecule has 0 aliphatic rings. The molecule has 1 aromatic rings. The van der Waals surface area contributed by atoms with E-state index in [1.807, 2.05) is 18.2 Å². The van der Waals surface area contributed by atoms with Gasteiger partial charge in [-0.3, -0.25) is 0 Å². The van der Waals surface area contributed by atoms with Crippen LogP contribution in [0, 0.1) is 0 Å². The molecule has 1 atom stereocenters. The monoisotopic (exact) mass is 287 g/mol. The lowest BCUT2D eigenvalue weighted by Crippen LogP contribution is -2.26. The third-order valence-electron chi connectivity index (χ3n) is 2.46. The zero-order chi connectivity index (χ0) is 12.0. The molecule has 0 amide bonds. The van der Waals surface area contributed by atoms with E-state index in [2.05, 4.69) is 28.2 Å². The van der Waals surface area contributed by atoms with Crippen LogP contribution in [0.2, 0.25) is 0 Å². The second kappa shape index (κ2) is 6.89. The van der Waals surface area contributed by atoms with Crippen molar-refractivity contribution < 1.29 is 9.84 Å². The smallest absolute Gasteiger partial charge is 0.119 e. The van der Waals surface area contributed by atoms with Gasteiger partial charge in [-0.2, -0.15) is 0 Å². The Bertz CT molecular complexity index is 331. The topological polar surface area (TPSA) is 41.5 Å². The van der Waals surface area contributed by atoms with Gasteiger partial charge in [0, 0.05) is 23.7 Å². The molecule has 1 aromatic carbocycles. The number of hydrogen-bond donors (Lipinski definition) is 2. The van der Waals surface area contributed by atoms with Gasteiger partial charge in [0.2, 0.25) is 0 Å². The van der Waals surface area contributed by atoms with Crippen molar-refractivity contribution in [3.8, 4) is 5.75 Å². The maximum absolute atomic E-state index is 8.80. The third kappa shape index (κ3) is 4.12. The third-order valence-corrected chi connectivity index (χ3v) is 3.23. The Morgan fingerprint density at radius 1 is 1.50 bits per heavy atom. The van der Waals surface area contributed by atoms with E-state index in [0.29, 0.717) is 6.04 Å². The van der Waals surface area contributed by atoms with Crippen molar-refractivity contribution >= 4 is 15.9 Å². The molecule has 0 saturated carbocycles. The highest BCUT2D eigenvalue weighted by Crippen LogP contribution is 2.22. The highest BCUT2D eigenvalue weighted by molar-refractivity contribution is 9.10. The molecular formula is C12H18BrNO2. The molecule has 90 valence electrons. The van der Waals surface area contributed by atoms with Gasteiger partial charge in [0.15, 0.2) is 0 Å². The van der Waals surface area contributed by atoms with Crippen LogP contribution in [-0.4, -0.2) is 24.9 Å². The number of rotatable bonds is 6. The van der Waals surface area contributed by atoms with Crippen LogP contribution >= 0.6 is 15.9 Å². The first kappa shape index (κ1) is 13.5. The summed E-state index contributed by atoms with van der Waals surface area (Å²) in [4.78, 5) is 0. The van der Waals surface area contributed by atoms with Gasteiger partial charge in [-0.25, -0.2) is 0 Å². The van der Waals surface area contributed by atoms with Gasteiger partial charge >= 0.3 is 0 Å². The molecule has 0 aliphatic heterocycles. The average Bonchev–Trinajstić information content (AvgIpc) is 2.28. The van der Waals surface area contributed by atoms with Crippen molar-refractivity contribution in [2.24, 2.45) is 0 Å². The minimum absolute atomic E-state index is 0.216. The van der Waals surface area contributed by atoms with Gasteiger partial charge in [0.25, 0.3) is 0 Å². The quantitative estimate of drug-likeness (QED) is 0.844. The standard InChI is InChI=1S/C12H18BrNO2/c1-9(5-6-15)14-8-10-7-11(16-2)3-4-12(10)13/h3-4,7,9,14-15H,5-6,8H2,1-2H3. The Hall–Kier alpha value is -0.580. The maximum atomic E-state index is 8.80. The Morgan fingerprint density at radius 3 is 2.88 bits per heavy atom. The van der Waals surface area contributed by atoms with E-state index in [1.54, 1.807) is 7.11 Å². The van der Waals surface area contributed by atoms with Crippen molar-refractivity contribution in [3.63, 3.8) is 0 Å². The van der Waals surface area contributed by atoms with E-state index in [1.165, 1.54) is 0 Å².